The van der Waals surface area contributed by atoms with Crippen molar-refractivity contribution in [3.8, 4) is 0 Å². The van der Waals surface area contributed by atoms with Gasteiger partial charge in [-0.25, -0.2) is 0 Å². The summed E-state index contributed by atoms with van der Waals surface area (Å²) in [4.78, 5) is 27.2. The number of amides is 2. The molecule has 4 nitrogen and oxygen atoms in total. The molecule has 6 heteroatoms. The Bertz CT molecular complexity index is 225. The summed E-state index contributed by atoms with van der Waals surface area (Å²) < 4.78 is 0. The van der Waals surface area contributed by atoms with Crippen LogP contribution >= 0.6 is 11.8 Å². The molecule has 0 aromatic rings. The van der Waals surface area contributed by atoms with E-state index >= 15 is 0 Å². The molecule has 1 heterocycles. The number of thioether (sulfide) groups is 1. The molecule has 1 aliphatic heterocycles. The molecule has 2 amide bonds. The molecule has 0 aromatic heterocycles. The van der Waals surface area contributed by atoms with Crippen molar-refractivity contribution in [1.82, 2.24) is 5.06 Å². The van der Waals surface area contributed by atoms with Crippen LogP contribution in [0.15, 0.2) is 0 Å². The average Bonchev–Trinajstić information content (AvgIpc) is 2.38. The number of carbonyl (C=O) groups excluding carboxylic acids is 2. The molecule has 78 valence electrons. The minimum atomic E-state index is -0.235. The van der Waals surface area contributed by atoms with Gasteiger partial charge in [0.1, 0.15) is 0 Å². The number of hydrogen-bond donors (Lipinski definition) is 0. The fourth-order valence-electron chi connectivity index (χ4n) is 1.16. The molecule has 0 radical (unpaired) electrons. The van der Waals surface area contributed by atoms with Crippen LogP contribution in [-0.4, -0.2) is 35.0 Å². The number of carbonyl (C=O) groups is 2. The van der Waals surface area contributed by atoms with Crippen LogP contribution in [0.25, 0.3) is 0 Å². The fraction of sp³-hybridized carbons (Fsp3) is 0.750. The first-order chi connectivity index (χ1) is 6.20. The standard InChI is InChI=1S/C8H13NO3S.Ce/c1-3-4-13-6-5-7(10)9(12-2)8(6)11;/h6H,3-5H2,1-2H3;. The summed E-state index contributed by atoms with van der Waals surface area (Å²) in [5.41, 5.74) is 0. The zero-order valence-corrected chi connectivity index (χ0v) is 12.2. The van der Waals surface area contributed by atoms with Crippen molar-refractivity contribution in [3.63, 3.8) is 0 Å². The van der Waals surface area contributed by atoms with E-state index in [2.05, 4.69) is 4.84 Å². The minimum Gasteiger partial charge on any atom is -0.272 e. The minimum absolute atomic E-state index is 0. The van der Waals surface area contributed by atoms with E-state index in [1.807, 2.05) is 6.92 Å². The summed E-state index contributed by atoms with van der Waals surface area (Å²) in [6.07, 6.45) is 1.28. The maximum absolute atomic E-state index is 11.4. The smallest absolute Gasteiger partial charge is 0.267 e. The number of imide groups is 1. The molecule has 1 fully saturated rings. The second kappa shape index (κ2) is 7.16. The van der Waals surface area contributed by atoms with E-state index in [-0.39, 0.29) is 65.2 Å². The summed E-state index contributed by atoms with van der Waals surface area (Å²) in [7, 11) is 1.34. The largest absolute Gasteiger partial charge is 0.272 e. The van der Waals surface area contributed by atoms with Crippen molar-refractivity contribution < 1.29 is 56.2 Å². The van der Waals surface area contributed by atoms with Gasteiger partial charge in [0.15, 0.2) is 0 Å². The normalized spacial score (nSPS) is 21.3. The van der Waals surface area contributed by atoms with E-state index in [1.165, 1.54) is 18.9 Å². The van der Waals surface area contributed by atoms with E-state index < -0.39 is 0 Å². The Morgan fingerprint density at radius 1 is 1.57 bits per heavy atom. The van der Waals surface area contributed by atoms with Crippen LogP contribution in [0.1, 0.15) is 19.8 Å². The second-order valence-electron chi connectivity index (χ2n) is 2.77. The van der Waals surface area contributed by atoms with Crippen molar-refractivity contribution in [2.24, 2.45) is 0 Å². The Labute approximate surface area is 121 Å². The maximum Gasteiger partial charge on any atom is 0.267 e. The van der Waals surface area contributed by atoms with Crippen molar-refractivity contribution in [3.05, 3.63) is 0 Å². The molecule has 1 saturated heterocycles. The Kier molecular flexibility index (Phi) is 7.58. The summed E-state index contributed by atoms with van der Waals surface area (Å²) in [6.45, 7) is 2.04. The second-order valence-corrected chi connectivity index (χ2v) is 4.08. The van der Waals surface area contributed by atoms with Crippen molar-refractivity contribution in [2.75, 3.05) is 12.9 Å². The van der Waals surface area contributed by atoms with Crippen LogP contribution < -0.4 is 0 Å². The molecule has 0 N–H and O–H groups in total. The van der Waals surface area contributed by atoms with E-state index in [0.29, 0.717) is 0 Å². The van der Waals surface area contributed by atoms with Gasteiger partial charge in [0.05, 0.1) is 18.8 Å². The zero-order valence-electron chi connectivity index (χ0n) is 8.28. The van der Waals surface area contributed by atoms with Crippen molar-refractivity contribution in [1.29, 1.82) is 0 Å². The molecular formula is C8H13CeNO3S. The van der Waals surface area contributed by atoms with E-state index in [0.717, 1.165) is 17.2 Å². The van der Waals surface area contributed by atoms with Crippen molar-refractivity contribution in [2.45, 2.75) is 25.0 Å². The van der Waals surface area contributed by atoms with E-state index in [9.17, 15) is 9.59 Å². The predicted octanol–water partition coefficient (Wildman–Crippen LogP) is 0.819. The molecule has 1 unspecified atom stereocenters. The molecule has 0 spiro atoms. The SMILES string of the molecule is CCCSC1CC(=O)N(OC)C1=O.[Ce]. The first kappa shape index (κ1) is 14.8. The van der Waals surface area contributed by atoms with Crippen LogP contribution in [-0.2, 0) is 14.4 Å². The molecule has 0 aliphatic carbocycles. The quantitative estimate of drug-likeness (QED) is 0.709. The first-order valence-electron chi connectivity index (χ1n) is 4.23. The van der Waals surface area contributed by atoms with Gasteiger partial charge in [-0.1, -0.05) is 6.92 Å². The van der Waals surface area contributed by atoms with Crippen molar-refractivity contribution >= 4 is 23.6 Å². The van der Waals surface area contributed by atoms with E-state index in [4.69, 9.17) is 0 Å². The van der Waals surface area contributed by atoms with Gasteiger partial charge in [-0.2, -0.15) is 5.06 Å². The Hall–Kier alpha value is 0.827. The summed E-state index contributed by atoms with van der Waals surface area (Å²) in [6, 6.07) is 0. The van der Waals surface area contributed by atoms with Crippen LogP contribution in [0, 0.1) is 41.7 Å². The van der Waals surface area contributed by atoms with Gasteiger partial charge in [-0.15, -0.1) is 11.8 Å². The number of nitrogens with zero attached hydrogens (tertiary/aromatic N) is 1. The number of rotatable bonds is 4. The van der Waals surface area contributed by atoms with Gasteiger partial charge >= 0.3 is 0 Å². The van der Waals surface area contributed by atoms with Gasteiger partial charge in [-0.05, 0) is 12.2 Å². The predicted molar refractivity (Wildman–Crippen MR) is 50.0 cm³/mol. The molecule has 1 rings (SSSR count). The first-order valence-corrected chi connectivity index (χ1v) is 5.28. The summed E-state index contributed by atoms with van der Waals surface area (Å²) in [5.74, 6) is 0.452. The van der Waals surface area contributed by atoms with Gasteiger partial charge < -0.3 is 0 Å². The number of hydrogen-bond acceptors (Lipinski definition) is 4. The molecule has 14 heavy (non-hydrogen) atoms. The fourth-order valence-corrected chi connectivity index (χ4v) is 2.18. The van der Waals surface area contributed by atoms with Gasteiger partial charge in [-0.3, -0.25) is 14.4 Å². The molecule has 0 aromatic carbocycles. The zero-order chi connectivity index (χ0) is 9.84. The molecule has 0 saturated carbocycles. The molecule has 0 bridgehead atoms. The van der Waals surface area contributed by atoms with Gasteiger partial charge in [0.2, 0.25) is 0 Å². The Balaban J connectivity index is 0.00000169. The summed E-state index contributed by atoms with van der Waals surface area (Å²) >= 11 is 1.52. The molecular weight excluding hydrogens is 330 g/mol. The maximum atomic E-state index is 11.4. The third-order valence-electron chi connectivity index (χ3n) is 1.77. The topological polar surface area (TPSA) is 46.6 Å². The average molecular weight is 343 g/mol. The van der Waals surface area contributed by atoms with Gasteiger partial charge in [0, 0.05) is 41.7 Å². The molecule has 1 atom stereocenters. The van der Waals surface area contributed by atoms with Crippen LogP contribution in [0.3, 0.4) is 0 Å². The molecule has 1 aliphatic rings. The third kappa shape index (κ3) is 3.44. The monoisotopic (exact) mass is 343 g/mol. The summed E-state index contributed by atoms with van der Waals surface area (Å²) in [5, 5.41) is 0.625. The Morgan fingerprint density at radius 3 is 2.64 bits per heavy atom. The van der Waals surface area contributed by atoms with Crippen LogP contribution in [0.4, 0.5) is 0 Å². The van der Waals surface area contributed by atoms with Crippen LogP contribution in [0.2, 0.25) is 0 Å². The van der Waals surface area contributed by atoms with Crippen LogP contribution in [0.5, 0.6) is 0 Å². The Morgan fingerprint density at radius 2 is 2.21 bits per heavy atom. The van der Waals surface area contributed by atoms with Gasteiger partial charge in [0.25, 0.3) is 11.8 Å². The third-order valence-corrected chi connectivity index (χ3v) is 3.18. The van der Waals surface area contributed by atoms with E-state index in [1.54, 1.807) is 0 Å². The number of hydroxylamine groups is 2.